The molecule has 0 saturated heterocycles. The first-order valence-electron chi connectivity index (χ1n) is 6.72. The lowest BCUT2D eigenvalue weighted by atomic mass is 10.0. The number of aromatic nitrogens is 2. The van der Waals surface area contributed by atoms with Gasteiger partial charge in [0.2, 0.25) is 0 Å². The highest BCUT2D eigenvalue weighted by atomic mass is 15.1. The molecule has 0 saturated carbocycles. The molecule has 0 atom stereocenters. The summed E-state index contributed by atoms with van der Waals surface area (Å²) < 4.78 is 0. The van der Waals surface area contributed by atoms with E-state index in [0.29, 0.717) is 6.04 Å². The Kier molecular flexibility index (Phi) is 4.31. The number of hydrogen-bond donors (Lipinski definition) is 2. The average Bonchev–Trinajstić information content (AvgIpc) is 2.78. The van der Waals surface area contributed by atoms with Crippen LogP contribution in [0.5, 0.6) is 0 Å². The van der Waals surface area contributed by atoms with Crippen LogP contribution in [0, 0.1) is 0 Å². The van der Waals surface area contributed by atoms with Crippen LogP contribution in [-0.4, -0.2) is 29.0 Å². The van der Waals surface area contributed by atoms with Gasteiger partial charge in [-0.1, -0.05) is 6.92 Å². The second-order valence-electron chi connectivity index (χ2n) is 4.89. The van der Waals surface area contributed by atoms with Gasteiger partial charge in [-0.3, -0.25) is 10.1 Å². The van der Waals surface area contributed by atoms with E-state index in [1.807, 2.05) is 6.21 Å². The monoisotopic (exact) mass is 246 g/mol. The summed E-state index contributed by atoms with van der Waals surface area (Å²) in [6, 6.07) is 0.342. The van der Waals surface area contributed by atoms with Crippen molar-refractivity contribution in [1.29, 1.82) is 0 Å². The van der Waals surface area contributed by atoms with Crippen molar-refractivity contribution in [2.75, 3.05) is 6.54 Å². The van der Waals surface area contributed by atoms with Crippen LogP contribution in [0.15, 0.2) is 11.1 Å². The molecule has 98 valence electrons. The Morgan fingerprint density at radius 3 is 3.06 bits per heavy atom. The summed E-state index contributed by atoms with van der Waals surface area (Å²) in [5, 5.41) is 11.0. The topological polar surface area (TPSA) is 53.1 Å². The molecular formula is C14H22N4. The van der Waals surface area contributed by atoms with Crippen molar-refractivity contribution in [1.82, 2.24) is 15.5 Å². The molecule has 0 amide bonds. The first-order valence-corrected chi connectivity index (χ1v) is 6.72. The highest BCUT2D eigenvalue weighted by Gasteiger charge is 2.17. The quantitative estimate of drug-likeness (QED) is 0.801. The van der Waals surface area contributed by atoms with E-state index in [0.717, 1.165) is 31.6 Å². The van der Waals surface area contributed by atoms with E-state index in [9.17, 15) is 0 Å². The maximum atomic E-state index is 4.47. The van der Waals surface area contributed by atoms with Crippen molar-refractivity contribution in [3.8, 4) is 0 Å². The Labute approximate surface area is 109 Å². The summed E-state index contributed by atoms with van der Waals surface area (Å²) in [6.07, 6.45) is 6.01. The van der Waals surface area contributed by atoms with Crippen LogP contribution in [0.3, 0.4) is 0 Å². The van der Waals surface area contributed by atoms with Crippen LogP contribution in [0.25, 0.3) is 5.57 Å². The van der Waals surface area contributed by atoms with Crippen molar-refractivity contribution in [3.05, 3.63) is 23.0 Å². The van der Waals surface area contributed by atoms with Crippen molar-refractivity contribution < 1.29 is 0 Å². The number of hydrogen-bond acceptors (Lipinski definition) is 3. The number of aromatic amines is 1. The van der Waals surface area contributed by atoms with E-state index in [1.54, 1.807) is 0 Å². The van der Waals surface area contributed by atoms with Crippen molar-refractivity contribution in [2.24, 2.45) is 4.99 Å². The number of nitrogens with one attached hydrogen (secondary N) is 2. The van der Waals surface area contributed by atoms with Gasteiger partial charge in [0.05, 0.1) is 5.69 Å². The standard InChI is InChI=1S/C14H22N4/c1-4-11(5-8-16-10(2)3)14-12-9-15-7-6-13(12)17-18-14/h5,8,10,15H,4,6-7,9H2,1-3H3,(H,17,18)/b11-5+,16-8?. The summed E-state index contributed by atoms with van der Waals surface area (Å²) >= 11 is 0. The van der Waals surface area contributed by atoms with Crippen LogP contribution in [0.2, 0.25) is 0 Å². The van der Waals surface area contributed by atoms with Gasteiger partial charge in [0.25, 0.3) is 0 Å². The molecule has 1 aliphatic heterocycles. The first kappa shape index (κ1) is 13.0. The molecule has 1 aliphatic rings. The van der Waals surface area contributed by atoms with Gasteiger partial charge in [0.1, 0.15) is 0 Å². The van der Waals surface area contributed by atoms with Gasteiger partial charge in [-0.2, -0.15) is 5.10 Å². The summed E-state index contributed by atoms with van der Waals surface area (Å²) in [5.74, 6) is 0. The van der Waals surface area contributed by atoms with Gasteiger partial charge in [-0.15, -0.1) is 0 Å². The fourth-order valence-corrected chi connectivity index (χ4v) is 2.16. The average molecular weight is 246 g/mol. The molecule has 4 heteroatoms. The molecule has 0 unspecified atom stereocenters. The van der Waals surface area contributed by atoms with E-state index in [2.05, 4.69) is 47.4 Å². The molecule has 0 radical (unpaired) electrons. The number of nitrogens with zero attached hydrogens (tertiary/aromatic N) is 2. The summed E-state index contributed by atoms with van der Waals surface area (Å²) in [5.41, 5.74) is 4.96. The maximum Gasteiger partial charge on any atom is 0.0928 e. The summed E-state index contributed by atoms with van der Waals surface area (Å²) in [4.78, 5) is 4.38. The van der Waals surface area contributed by atoms with Crippen LogP contribution in [0.1, 0.15) is 44.1 Å². The smallest absolute Gasteiger partial charge is 0.0928 e. The normalized spacial score (nSPS) is 16.6. The fraction of sp³-hybridized carbons (Fsp3) is 0.571. The molecule has 1 aromatic heterocycles. The Balaban J connectivity index is 2.25. The summed E-state index contributed by atoms with van der Waals surface area (Å²) in [7, 11) is 0. The van der Waals surface area contributed by atoms with E-state index < -0.39 is 0 Å². The minimum absolute atomic E-state index is 0.342. The molecule has 0 spiro atoms. The Morgan fingerprint density at radius 2 is 2.33 bits per heavy atom. The molecule has 2 heterocycles. The Morgan fingerprint density at radius 1 is 1.50 bits per heavy atom. The molecule has 2 N–H and O–H groups in total. The number of aliphatic imine (C=N–C) groups is 1. The minimum Gasteiger partial charge on any atom is -0.312 e. The molecule has 4 nitrogen and oxygen atoms in total. The zero-order chi connectivity index (χ0) is 13.0. The van der Waals surface area contributed by atoms with Gasteiger partial charge in [-0.25, -0.2) is 0 Å². The third-order valence-corrected chi connectivity index (χ3v) is 3.15. The van der Waals surface area contributed by atoms with Gasteiger partial charge in [-0.05, 0) is 31.9 Å². The largest absolute Gasteiger partial charge is 0.312 e. The molecule has 18 heavy (non-hydrogen) atoms. The zero-order valence-electron chi connectivity index (χ0n) is 11.5. The number of fused-ring (bicyclic) bond motifs is 1. The van der Waals surface area contributed by atoms with E-state index in [-0.39, 0.29) is 0 Å². The van der Waals surface area contributed by atoms with Crippen molar-refractivity contribution in [2.45, 2.75) is 46.2 Å². The first-order chi connectivity index (χ1) is 8.72. The molecule has 0 bridgehead atoms. The van der Waals surface area contributed by atoms with E-state index in [1.165, 1.54) is 16.8 Å². The van der Waals surface area contributed by atoms with Gasteiger partial charge >= 0.3 is 0 Å². The second-order valence-corrected chi connectivity index (χ2v) is 4.89. The van der Waals surface area contributed by atoms with Gasteiger partial charge in [0.15, 0.2) is 0 Å². The number of allylic oxidation sites excluding steroid dienone is 2. The SMILES string of the molecule is CC/C(=C\C=NC(C)C)c1n[nH]c2c1CNCC2. The predicted molar refractivity (Wildman–Crippen MR) is 75.9 cm³/mol. The van der Waals surface area contributed by atoms with Crippen molar-refractivity contribution >= 4 is 11.8 Å². The van der Waals surface area contributed by atoms with Gasteiger partial charge in [0, 0.05) is 43.0 Å². The third kappa shape index (κ3) is 2.88. The third-order valence-electron chi connectivity index (χ3n) is 3.15. The second kappa shape index (κ2) is 5.96. The Bertz CT molecular complexity index is 454. The lowest BCUT2D eigenvalue weighted by Crippen LogP contribution is -2.23. The van der Waals surface area contributed by atoms with Crippen LogP contribution in [-0.2, 0) is 13.0 Å². The molecule has 0 fully saturated rings. The number of H-pyrrole nitrogens is 1. The lowest BCUT2D eigenvalue weighted by molar-refractivity contribution is 0.636. The molecule has 0 aliphatic carbocycles. The molecule has 1 aromatic rings. The van der Waals surface area contributed by atoms with Crippen molar-refractivity contribution in [3.63, 3.8) is 0 Å². The highest BCUT2D eigenvalue weighted by Crippen LogP contribution is 2.24. The fourth-order valence-electron chi connectivity index (χ4n) is 2.16. The number of rotatable bonds is 4. The molecule has 0 aromatic carbocycles. The van der Waals surface area contributed by atoms with E-state index >= 15 is 0 Å². The van der Waals surface area contributed by atoms with Gasteiger partial charge < -0.3 is 5.32 Å². The zero-order valence-corrected chi connectivity index (χ0v) is 11.5. The van der Waals surface area contributed by atoms with Crippen LogP contribution < -0.4 is 5.32 Å². The van der Waals surface area contributed by atoms with Crippen LogP contribution in [0.4, 0.5) is 0 Å². The molecular weight excluding hydrogens is 224 g/mol. The highest BCUT2D eigenvalue weighted by molar-refractivity contribution is 5.84. The maximum absolute atomic E-state index is 4.47. The predicted octanol–water partition coefficient (Wildman–Crippen LogP) is 2.33. The molecule has 2 rings (SSSR count). The van der Waals surface area contributed by atoms with E-state index in [4.69, 9.17) is 0 Å². The minimum atomic E-state index is 0.342. The summed E-state index contributed by atoms with van der Waals surface area (Å²) in [6.45, 7) is 8.27. The van der Waals surface area contributed by atoms with Crippen LogP contribution >= 0.6 is 0 Å². The lowest BCUT2D eigenvalue weighted by Gasteiger charge is -2.13. The Hall–Kier alpha value is -1.42.